The highest BCUT2D eigenvalue weighted by atomic mass is 35.5. The number of nitriles is 1. The van der Waals surface area contributed by atoms with Gasteiger partial charge in [0, 0.05) is 13.7 Å². The Morgan fingerprint density at radius 2 is 2.24 bits per heavy atom. The lowest BCUT2D eigenvalue weighted by atomic mass is 10.2. The largest absolute Gasteiger partial charge is 0.481 e. The molecule has 0 aliphatic heterocycles. The van der Waals surface area contributed by atoms with Gasteiger partial charge in [-0.05, 0) is 18.2 Å². The quantitative estimate of drug-likeness (QED) is 0.768. The Hall–Kier alpha value is -1.66. The lowest BCUT2D eigenvalue weighted by Gasteiger charge is -2.14. The van der Waals surface area contributed by atoms with Crippen LogP contribution in [0.4, 0.5) is 0 Å². The van der Waals surface area contributed by atoms with E-state index < -0.39 is 22.1 Å². The molecule has 1 rings (SSSR count). The molecule has 0 saturated carbocycles. The van der Waals surface area contributed by atoms with E-state index in [1.54, 1.807) is 0 Å². The van der Waals surface area contributed by atoms with E-state index in [1.165, 1.54) is 19.2 Å². The normalized spacial score (nSPS) is 12.6. The SMILES string of the molecule is COC(CNS(=O)(=O)c1ccc(C#N)c(Cl)c1)CC(=O)O. The molecular formula is C12H13ClN2O5S. The van der Waals surface area contributed by atoms with Crippen LogP contribution >= 0.6 is 11.6 Å². The maximum absolute atomic E-state index is 12.0. The molecule has 0 saturated heterocycles. The third kappa shape index (κ3) is 4.99. The summed E-state index contributed by atoms with van der Waals surface area (Å²) < 4.78 is 31.2. The molecule has 7 nitrogen and oxygen atoms in total. The summed E-state index contributed by atoms with van der Waals surface area (Å²) in [4.78, 5) is 10.5. The summed E-state index contributed by atoms with van der Waals surface area (Å²) in [6.07, 6.45) is -1.11. The van der Waals surface area contributed by atoms with Crippen LogP contribution in [-0.2, 0) is 19.6 Å². The number of sulfonamides is 1. The van der Waals surface area contributed by atoms with Gasteiger partial charge in [-0.3, -0.25) is 4.79 Å². The van der Waals surface area contributed by atoms with E-state index in [1.807, 2.05) is 6.07 Å². The first-order chi connectivity index (χ1) is 9.80. The molecule has 114 valence electrons. The fraction of sp³-hybridized carbons (Fsp3) is 0.333. The molecule has 21 heavy (non-hydrogen) atoms. The van der Waals surface area contributed by atoms with Gasteiger partial charge in [-0.2, -0.15) is 5.26 Å². The number of carboxylic acids is 1. The maximum atomic E-state index is 12.0. The van der Waals surface area contributed by atoms with Gasteiger partial charge in [0.15, 0.2) is 0 Å². The highest BCUT2D eigenvalue weighted by Crippen LogP contribution is 2.20. The van der Waals surface area contributed by atoms with Crippen molar-refractivity contribution in [2.24, 2.45) is 0 Å². The molecule has 0 aliphatic carbocycles. The molecule has 0 spiro atoms. The molecule has 1 atom stereocenters. The highest BCUT2D eigenvalue weighted by molar-refractivity contribution is 7.89. The number of hydrogen-bond donors (Lipinski definition) is 2. The van der Waals surface area contributed by atoms with Crippen molar-refractivity contribution in [2.75, 3.05) is 13.7 Å². The Bertz CT molecular complexity index is 669. The van der Waals surface area contributed by atoms with Crippen molar-refractivity contribution in [3.8, 4) is 6.07 Å². The summed E-state index contributed by atoms with van der Waals surface area (Å²) in [5.41, 5.74) is 0.163. The Balaban J connectivity index is 2.84. The minimum atomic E-state index is -3.87. The lowest BCUT2D eigenvalue weighted by Crippen LogP contribution is -2.34. The van der Waals surface area contributed by atoms with Crippen molar-refractivity contribution < 1.29 is 23.1 Å². The summed E-state index contributed by atoms with van der Waals surface area (Å²) in [6.45, 7) is -0.192. The number of halogens is 1. The molecule has 0 radical (unpaired) electrons. The first kappa shape index (κ1) is 17.4. The Morgan fingerprint density at radius 1 is 1.57 bits per heavy atom. The number of methoxy groups -OCH3 is 1. The van der Waals surface area contributed by atoms with E-state index >= 15 is 0 Å². The standard InChI is InChI=1S/C12H13ClN2O5S/c1-20-9(4-12(16)17)7-15-21(18,19)10-3-2-8(6-14)11(13)5-10/h2-3,5,9,15H,4,7H2,1H3,(H,16,17). The number of ether oxygens (including phenoxy) is 1. The van der Waals surface area contributed by atoms with Crippen LogP contribution in [0.5, 0.6) is 0 Å². The molecule has 0 aromatic heterocycles. The van der Waals surface area contributed by atoms with Crippen molar-refractivity contribution in [3.63, 3.8) is 0 Å². The highest BCUT2D eigenvalue weighted by Gasteiger charge is 2.19. The van der Waals surface area contributed by atoms with E-state index in [2.05, 4.69) is 4.72 Å². The third-order valence-corrected chi connectivity index (χ3v) is 4.34. The molecule has 0 heterocycles. The van der Waals surface area contributed by atoms with Crippen molar-refractivity contribution in [1.29, 1.82) is 5.26 Å². The number of benzene rings is 1. The average Bonchev–Trinajstić information content (AvgIpc) is 2.43. The molecule has 1 aromatic rings. The second-order valence-electron chi connectivity index (χ2n) is 4.06. The predicted molar refractivity (Wildman–Crippen MR) is 74.4 cm³/mol. The number of carbonyl (C=O) groups is 1. The van der Waals surface area contributed by atoms with Crippen LogP contribution in [0.25, 0.3) is 0 Å². The maximum Gasteiger partial charge on any atom is 0.306 e. The van der Waals surface area contributed by atoms with Gasteiger partial charge in [-0.1, -0.05) is 11.6 Å². The zero-order valence-corrected chi connectivity index (χ0v) is 12.6. The molecule has 2 N–H and O–H groups in total. The third-order valence-electron chi connectivity index (χ3n) is 2.61. The van der Waals surface area contributed by atoms with Gasteiger partial charge in [0.2, 0.25) is 10.0 Å². The molecule has 0 bridgehead atoms. The number of nitrogens with zero attached hydrogens (tertiary/aromatic N) is 1. The molecule has 9 heteroatoms. The monoisotopic (exact) mass is 332 g/mol. The zero-order valence-electron chi connectivity index (χ0n) is 11.0. The second-order valence-corrected chi connectivity index (χ2v) is 6.24. The fourth-order valence-electron chi connectivity index (χ4n) is 1.47. The van der Waals surface area contributed by atoms with Crippen LogP contribution in [0.3, 0.4) is 0 Å². The van der Waals surface area contributed by atoms with E-state index in [9.17, 15) is 13.2 Å². The van der Waals surface area contributed by atoms with Gasteiger partial charge in [0.1, 0.15) is 6.07 Å². The van der Waals surface area contributed by atoms with Gasteiger partial charge < -0.3 is 9.84 Å². The van der Waals surface area contributed by atoms with Crippen molar-refractivity contribution >= 4 is 27.6 Å². The van der Waals surface area contributed by atoms with Crippen molar-refractivity contribution in [1.82, 2.24) is 4.72 Å². The summed E-state index contributed by atoms with van der Waals surface area (Å²) in [7, 11) is -2.57. The van der Waals surface area contributed by atoms with Gasteiger partial charge in [0.05, 0.1) is 28.0 Å². The second kappa shape index (κ2) is 7.38. The van der Waals surface area contributed by atoms with Crippen molar-refractivity contribution in [3.05, 3.63) is 28.8 Å². The number of hydrogen-bond acceptors (Lipinski definition) is 5. The van der Waals surface area contributed by atoms with Crippen LogP contribution in [0.2, 0.25) is 5.02 Å². The van der Waals surface area contributed by atoms with Gasteiger partial charge in [-0.25, -0.2) is 13.1 Å². The summed E-state index contributed by atoms with van der Waals surface area (Å²) in [5, 5.41) is 17.4. The summed E-state index contributed by atoms with van der Waals surface area (Å²) in [5.74, 6) is -1.09. The van der Waals surface area contributed by atoms with E-state index in [4.69, 9.17) is 26.7 Å². The Labute approximate surface area is 127 Å². The van der Waals surface area contributed by atoms with Crippen LogP contribution in [0.15, 0.2) is 23.1 Å². The number of rotatable bonds is 7. The minimum Gasteiger partial charge on any atom is -0.481 e. The smallest absolute Gasteiger partial charge is 0.306 e. The molecule has 0 fully saturated rings. The number of aliphatic carboxylic acids is 1. The average molecular weight is 333 g/mol. The Morgan fingerprint density at radius 3 is 2.71 bits per heavy atom. The molecule has 0 amide bonds. The predicted octanol–water partition coefficient (Wildman–Crippen LogP) is 0.980. The van der Waals surface area contributed by atoms with Crippen LogP contribution in [-0.4, -0.2) is 39.3 Å². The first-order valence-corrected chi connectivity index (χ1v) is 7.60. The molecule has 1 unspecified atom stereocenters. The number of carboxylic acid groups (broad SMARTS) is 1. The topological polar surface area (TPSA) is 116 Å². The Kier molecular flexibility index (Phi) is 6.11. The minimum absolute atomic E-state index is 0.0224. The lowest BCUT2D eigenvalue weighted by molar-refractivity contribution is -0.139. The molecular weight excluding hydrogens is 320 g/mol. The molecule has 0 aliphatic rings. The summed E-state index contributed by atoms with van der Waals surface area (Å²) >= 11 is 5.78. The van der Waals surface area contributed by atoms with Gasteiger partial charge in [-0.15, -0.1) is 0 Å². The van der Waals surface area contributed by atoms with E-state index in [0.29, 0.717) is 0 Å². The van der Waals surface area contributed by atoms with Gasteiger partial charge >= 0.3 is 5.97 Å². The van der Waals surface area contributed by atoms with Gasteiger partial charge in [0.25, 0.3) is 0 Å². The molecule has 1 aromatic carbocycles. The number of nitrogens with one attached hydrogen (secondary N) is 1. The van der Waals surface area contributed by atoms with E-state index in [-0.39, 0.29) is 28.4 Å². The summed E-state index contributed by atoms with van der Waals surface area (Å²) in [6, 6.07) is 5.51. The van der Waals surface area contributed by atoms with E-state index in [0.717, 1.165) is 6.07 Å². The van der Waals surface area contributed by atoms with Crippen LogP contribution in [0.1, 0.15) is 12.0 Å². The zero-order chi connectivity index (χ0) is 16.0. The first-order valence-electron chi connectivity index (χ1n) is 5.74. The van der Waals surface area contributed by atoms with Crippen molar-refractivity contribution in [2.45, 2.75) is 17.4 Å². The van der Waals surface area contributed by atoms with Crippen LogP contribution in [0, 0.1) is 11.3 Å². The van der Waals surface area contributed by atoms with Crippen LogP contribution < -0.4 is 4.72 Å². The fourth-order valence-corrected chi connectivity index (χ4v) is 2.85.